The predicted octanol–water partition coefficient (Wildman–Crippen LogP) is 2.75. The second-order valence-electron chi connectivity index (χ2n) is 6.11. The predicted molar refractivity (Wildman–Crippen MR) is 92.0 cm³/mol. The van der Waals surface area contributed by atoms with Gasteiger partial charge in [0.25, 0.3) is 0 Å². The number of ether oxygens (including phenoxy) is 1. The maximum absolute atomic E-state index is 13.1. The van der Waals surface area contributed by atoms with Gasteiger partial charge in [-0.2, -0.15) is 0 Å². The van der Waals surface area contributed by atoms with Gasteiger partial charge in [0.15, 0.2) is 0 Å². The van der Waals surface area contributed by atoms with Crippen LogP contribution in [0.15, 0.2) is 42.5 Å². The molecule has 130 valence electrons. The minimum absolute atomic E-state index is 0.0547. The molecule has 25 heavy (non-hydrogen) atoms. The third-order valence-corrected chi connectivity index (χ3v) is 4.29. The van der Waals surface area contributed by atoms with Gasteiger partial charge in [0.1, 0.15) is 11.6 Å². The van der Waals surface area contributed by atoms with E-state index in [0.717, 1.165) is 17.7 Å². The SMILES string of the molecule is COc1ccc([C@@H]2C[C@H]2NC(=O)C(=O)Nc2ccc(F)cc2C)cc1. The van der Waals surface area contributed by atoms with Gasteiger partial charge < -0.3 is 15.4 Å². The Balaban J connectivity index is 1.54. The Bertz CT molecular complexity index is 805. The molecule has 1 saturated carbocycles. The molecule has 2 aromatic rings. The van der Waals surface area contributed by atoms with Crippen LogP contribution in [-0.4, -0.2) is 25.0 Å². The lowest BCUT2D eigenvalue weighted by Gasteiger charge is -2.09. The molecule has 1 aliphatic carbocycles. The molecule has 0 heterocycles. The van der Waals surface area contributed by atoms with E-state index in [9.17, 15) is 14.0 Å². The summed E-state index contributed by atoms with van der Waals surface area (Å²) in [6, 6.07) is 11.6. The monoisotopic (exact) mass is 342 g/mol. The Labute approximate surface area is 145 Å². The van der Waals surface area contributed by atoms with E-state index in [1.165, 1.54) is 18.2 Å². The van der Waals surface area contributed by atoms with E-state index >= 15 is 0 Å². The third kappa shape index (κ3) is 3.96. The Hall–Kier alpha value is -2.89. The van der Waals surface area contributed by atoms with Gasteiger partial charge in [0.2, 0.25) is 0 Å². The fraction of sp³-hybridized carbons (Fsp3) is 0.263. The summed E-state index contributed by atoms with van der Waals surface area (Å²) < 4.78 is 18.2. The van der Waals surface area contributed by atoms with Crippen LogP contribution in [-0.2, 0) is 9.59 Å². The van der Waals surface area contributed by atoms with Crippen LogP contribution in [0.2, 0.25) is 0 Å². The van der Waals surface area contributed by atoms with Crippen molar-refractivity contribution in [2.75, 3.05) is 12.4 Å². The lowest BCUT2D eigenvalue weighted by Crippen LogP contribution is -2.37. The number of rotatable bonds is 4. The van der Waals surface area contributed by atoms with Crippen LogP contribution in [0.1, 0.15) is 23.5 Å². The number of hydrogen-bond acceptors (Lipinski definition) is 3. The molecule has 5 nitrogen and oxygen atoms in total. The summed E-state index contributed by atoms with van der Waals surface area (Å²) in [5, 5.41) is 5.23. The fourth-order valence-corrected chi connectivity index (χ4v) is 2.75. The Morgan fingerprint density at radius 3 is 2.48 bits per heavy atom. The zero-order valence-electron chi connectivity index (χ0n) is 14.0. The fourth-order valence-electron chi connectivity index (χ4n) is 2.75. The number of halogens is 1. The smallest absolute Gasteiger partial charge is 0.313 e. The first-order valence-corrected chi connectivity index (χ1v) is 8.00. The van der Waals surface area contributed by atoms with Crippen LogP contribution in [0.3, 0.4) is 0 Å². The summed E-state index contributed by atoms with van der Waals surface area (Å²) in [7, 11) is 1.61. The lowest BCUT2D eigenvalue weighted by molar-refractivity contribution is -0.136. The van der Waals surface area contributed by atoms with Crippen LogP contribution in [0.5, 0.6) is 5.75 Å². The van der Waals surface area contributed by atoms with Crippen molar-refractivity contribution in [2.24, 2.45) is 0 Å². The molecule has 2 amide bonds. The minimum atomic E-state index is -0.755. The van der Waals surface area contributed by atoms with Gasteiger partial charge in [-0.3, -0.25) is 9.59 Å². The van der Waals surface area contributed by atoms with Crippen molar-refractivity contribution < 1.29 is 18.7 Å². The van der Waals surface area contributed by atoms with E-state index in [1.54, 1.807) is 14.0 Å². The van der Waals surface area contributed by atoms with Gasteiger partial charge in [-0.25, -0.2) is 4.39 Å². The summed E-state index contributed by atoms with van der Waals surface area (Å²) in [4.78, 5) is 24.0. The largest absolute Gasteiger partial charge is 0.497 e. The molecule has 3 rings (SSSR count). The van der Waals surface area contributed by atoms with E-state index in [4.69, 9.17) is 4.74 Å². The minimum Gasteiger partial charge on any atom is -0.497 e. The van der Waals surface area contributed by atoms with Crippen molar-refractivity contribution >= 4 is 17.5 Å². The molecule has 0 aromatic heterocycles. The average molecular weight is 342 g/mol. The molecule has 0 radical (unpaired) electrons. The summed E-state index contributed by atoms with van der Waals surface area (Å²) in [5.41, 5.74) is 2.08. The number of methoxy groups -OCH3 is 1. The van der Waals surface area contributed by atoms with Gasteiger partial charge in [0, 0.05) is 17.6 Å². The number of carbonyl (C=O) groups is 2. The molecule has 1 fully saturated rings. The standard InChI is InChI=1S/C19H19FN2O3/c1-11-9-13(20)5-8-16(11)21-18(23)19(24)22-17-10-15(17)12-3-6-14(25-2)7-4-12/h3-9,15,17H,10H2,1-2H3,(H,21,23)(H,22,24)/t15-,17+/m0/s1. The van der Waals surface area contributed by atoms with E-state index in [0.29, 0.717) is 11.3 Å². The highest BCUT2D eigenvalue weighted by Gasteiger charge is 2.40. The Morgan fingerprint density at radius 2 is 1.84 bits per heavy atom. The normalized spacial score (nSPS) is 18.4. The Morgan fingerprint density at radius 1 is 1.12 bits per heavy atom. The lowest BCUT2D eigenvalue weighted by atomic mass is 10.1. The van der Waals surface area contributed by atoms with Crippen molar-refractivity contribution in [3.05, 3.63) is 59.4 Å². The highest BCUT2D eigenvalue weighted by molar-refractivity contribution is 6.39. The molecule has 2 atom stereocenters. The first-order chi connectivity index (χ1) is 12.0. The van der Waals surface area contributed by atoms with Gasteiger partial charge in [-0.15, -0.1) is 0 Å². The second kappa shape index (κ2) is 6.93. The summed E-state index contributed by atoms with van der Waals surface area (Å²) in [6.45, 7) is 1.66. The topological polar surface area (TPSA) is 67.4 Å². The summed E-state index contributed by atoms with van der Waals surface area (Å²) in [6.07, 6.45) is 0.793. The molecule has 1 aliphatic rings. The van der Waals surface area contributed by atoms with Crippen LogP contribution < -0.4 is 15.4 Å². The maximum atomic E-state index is 13.1. The molecule has 2 aromatic carbocycles. The van der Waals surface area contributed by atoms with Crippen LogP contribution >= 0.6 is 0 Å². The van der Waals surface area contributed by atoms with Gasteiger partial charge in [0.05, 0.1) is 7.11 Å². The van der Waals surface area contributed by atoms with Crippen molar-refractivity contribution in [3.8, 4) is 5.75 Å². The summed E-state index contributed by atoms with van der Waals surface area (Å²) in [5.74, 6) is -0.852. The highest BCUT2D eigenvalue weighted by atomic mass is 19.1. The second-order valence-corrected chi connectivity index (χ2v) is 6.11. The number of nitrogens with one attached hydrogen (secondary N) is 2. The van der Waals surface area contributed by atoms with Crippen molar-refractivity contribution in [3.63, 3.8) is 0 Å². The molecule has 6 heteroatoms. The molecular formula is C19H19FN2O3. The third-order valence-electron chi connectivity index (χ3n) is 4.29. The van der Waals surface area contributed by atoms with E-state index < -0.39 is 11.8 Å². The molecule has 2 N–H and O–H groups in total. The van der Waals surface area contributed by atoms with Crippen molar-refractivity contribution in [1.82, 2.24) is 5.32 Å². The van der Waals surface area contributed by atoms with Crippen LogP contribution in [0.4, 0.5) is 10.1 Å². The van der Waals surface area contributed by atoms with Gasteiger partial charge >= 0.3 is 11.8 Å². The molecule has 0 spiro atoms. The summed E-state index contributed by atoms with van der Waals surface area (Å²) >= 11 is 0. The molecule has 0 unspecified atom stereocenters. The molecular weight excluding hydrogens is 323 g/mol. The number of carbonyl (C=O) groups excluding carboxylic acids is 2. The maximum Gasteiger partial charge on any atom is 0.313 e. The number of benzene rings is 2. The molecule has 0 saturated heterocycles. The first kappa shape index (κ1) is 17.0. The molecule has 0 bridgehead atoms. The number of amides is 2. The number of anilines is 1. The van der Waals surface area contributed by atoms with Gasteiger partial charge in [-0.05, 0) is 54.8 Å². The highest BCUT2D eigenvalue weighted by Crippen LogP contribution is 2.41. The van der Waals surface area contributed by atoms with Crippen molar-refractivity contribution in [2.45, 2.75) is 25.3 Å². The van der Waals surface area contributed by atoms with Crippen LogP contribution in [0, 0.1) is 12.7 Å². The Kier molecular flexibility index (Phi) is 4.70. The number of hydrogen-bond donors (Lipinski definition) is 2. The van der Waals surface area contributed by atoms with Crippen molar-refractivity contribution in [1.29, 1.82) is 0 Å². The number of aryl methyl sites for hydroxylation is 1. The van der Waals surface area contributed by atoms with Gasteiger partial charge in [-0.1, -0.05) is 12.1 Å². The van der Waals surface area contributed by atoms with E-state index in [2.05, 4.69) is 10.6 Å². The average Bonchev–Trinajstić information content (AvgIpc) is 3.36. The van der Waals surface area contributed by atoms with E-state index in [1.807, 2.05) is 24.3 Å². The zero-order chi connectivity index (χ0) is 18.0. The molecule has 0 aliphatic heterocycles. The van der Waals surface area contributed by atoms with E-state index in [-0.39, 0.29) is 17.8 Å². The first-order valence-electron chi connectivity index (χ1n) is 8.00. The zero-order valence-corrected chi connectivity index (χ0v) is 14.0. The quantitative estimate of drug-likeness (QED) is 0.840. The van der Waals surface area contributed by atoms with Crippen LogP contribution in [0.25, 0.3) is 0 Å².